The SMILES string of the molecule is CCN(C)C=Nc1cc(C)c(N(Cc2ccccc2F)S(=O)[O-])cc1Cl.Cc1cc(N=CN2CCOCC2)c(Cl)cc1N(C)c1ccccc1F. The highest BCUT2D eigenvalue weighted by Crippen LogP contribution is 2.37. The molecule has 0 saturated carbocycles. The second-order valence-electron chi connectivity index (χ2n) is 11.7. The lowest BCUT2D eigenvalue weighted by Gasteiger charge is -2.28. The lowest BCUT2D eigenvalue weighted by Crippen LogP contribution is -2.34. The first-order valence-corrected chi connectivity index (χ1v) is 18.0. The number of nitrogens with zero attached hydrogens (tertiary/aromatic N) is 6. The van der Waals surface area contributed by atoms with Crippen LogP contribution in [0.15, 0.2) is 82.8 Å². The molecule has 0 spiro atoms. The Hall–Kier alpha value is -4.07. The van der Waals surface area contributed by atoms with Gasteiger partial charge in [0.25, 0.3) is 0 Å². The van der Waals surface area contributed by atoms with Crippen molar-refractivity contribution in [2.75, 3.05) is 56.1 Å². The van der Waals surface area contributed by atoms with Crippen LogP contribution in [0.25, 0.3) is 0 Å². The molecule has 0 aliphatic carbocycles. The summed E-state index contributed by atoms with van der Waals surface area (Å²) in [4.78, 5) is 14.6. The summed E-state index contributed by atoms with van der Waals surface area (Å²) in [5, 5.41) is 0.851. The predicted octanol–water partition coefficient (Wildman–Crippen LogP) is 8.75. The molecular weight excluding hydrogens is 717 g/mol. The van der Waals surface area contributed by atoms with E-state index < -0.39 is 17.1 Å². The number of aryl methyl sites for hydroxylation is 2. The number of benzene rings is 4. The van der Waals surface area contributed by atoms with Gasteiger partial charge >= 0.3 is 0 Å². The van der Waals surface area contributed by atoms with E-state index in [-0.39, 0.29) is 17.9 Å². The van der Waals surface area contributed by atoms with Crippen LogP contribution in [0, 0.1) is 25.5 Å². The standard InChI is InChI=1S/C19H21ClFN3O.C18H21ClFN3O2S/c1-14-11-17(22-13-24-7-9-25-10-8-24)15(20)12-19(14)23(2)18-6-4-3-5-16(18)21;1-4-22(3)12-21-17-9-13(2)18(10-15(17)19)23(26(24)25)11-14-7-5-6-8-16(14)20/h3-6,11-13H,7-10H2,1-2H3;5-10,12H,4,11H2,1-3H3,(H,24,25)/p-1. The summed E-state index contributed by atoms with van der Waals surface area (Å²) in [6.45, 7) is 9.47. The van der Waals surface area contributed by atoms with Crippen molar-refractivity contribution in [1.82, 2.24) is 9.80 Å². The normalized spacial score (nSPS) is 13.6. The molecule has 4 aromatic rings. The summed E-state index contributed by atoms with van der Waals surface area (Å²) in [5.41, 5.74) is 4.90. The average molecular weight is 759 g/mol. The number of rotatable bonds is 11. The quantitative estimate of drug-likeness (QED) is 0.0864. The number of hydrogen-bond acceptors (Lipinski definition) is 6. The molecule has 0 bridgehead atoms. The first-order valence-electron chi connectivity index (χ1n) is 16.2. The summed E-state index contributed by atoms with van der Waals surface area (Å²) in [6, 6.07) is 19.7. The van der Waals surface area contributed by atoms with Crippen molar-refractivity contribution in [3.8, 4) is 0 Å². The van der Waals surface area contributed by atoms with Crippen LogP contribution in [0.4, 0.5) is 37.2 Å². The zero-order valence-corrected chi connectivity index (χ0v) is 31.5. The predicted molar refractivity (Wildman–Crippen MR) is 205 cm³/mol. The van der Waals surface area contributed by atoms with Gasteiger partial charge in [-0.05, 0) is 74.4 Å². The Morgan fingerprint density at radius 3 is 2.04 bits per heavy atom. The lowest BCUT2D eigenvalue weighted by atomic mass is 10.1. The Morgan fingerprint density at radius 2 is 1.43 bits per heavy atom. The summed E-state index contributed by atoms with van der Waals surface area (Å²) >= 11 is 10.1. The molecule has 9 nitrogen and oxygen atoms in total. The zero-order valence-electron chi connectivity index (χ0n) is 29.2. The average Bonchev–Trinajstić information content (AvgIpc) is 3.12. The summed E-state index contributed by atoms with van der Waals surface area (Å²) < 4.78 is 57.8. The lowest BCUT2D eigenvalue weighted by molar-refractivity contribution is 0.0701. The van der Waals surface area contributed by atoms with Crippen LogP contribution in [0.3, 0.4) is 0 Å². The molecule has 1 atom stereocenters. The van der Waals surface area contributed by atoms with Crippen LogP contribution in [0.5, 0.6) is 0 Å². The van der Waals surface area contributed by atoms with Gasteiger partial charge in [0, 0.05) is 56.2 Å². The molecule has 1 fully saturated rings. The van der Waals surface area contributed by atoms with Crippen LogP contribution in [0.1, 0.15) is 23.6 Å². The largest absolute Gasteiger partial charge is 0.755 e. The maximum Gasteiger partial charge on any atom is 0.146 e. The van der Waals surface area contributed by atoms with Crippen LogP contribution < -0.4 is 9.21 Å². The monoisotopic (exact) mass is 757 g/mol. The minimum atomic E-state index is -2.59. The zero-order chi connectivity index (χ0) is 37.1. The fourth-order valence-electron chi connectivity index (χ4n) is 5.07. The van der Waals surface area contributed by atoms with E-state index in [0.717, 1.165) is 35.2 Å². The molecule has 1 heterocycles. The molecule has 0 radical (unpaired) electrons. The second kappa shape index (κ2) is 19.0. The Balaban J connectivity index is 0.000000229. The van der Waals surface area contributed by atoms with Crippen molar-refractivity contribution < 1.29 is 22.3 Å². The third-order valence-electron chi connectivity index (χ3n) is 8.12. The molecule has 1 aliphatic heterocycles. The number of aliphatic imine (C=N–C) groups is 2. The number of ether oxygens (including phenoxy) is 1. The molecule has 1 unspecified atom stereocenters. The summed E-state index contributed by atoms with van der Waals surface area (Å²) in [6.07, 6.45) is 3.46. The maximum absolute atomic E-state index is 14.0. The van der Waals surface area contributed by atoms with Gasteiger partial charge in [-0.1, -0.05) is 53.5 Å². The van der Waals surface area contributed by atoms with E-state index in [1.165, 1.54) is 18.2 Å². The van der Waals surface area contributed by atoms with Crippen molar-refractivity contribution in [1.29, 1.82) is 0 Å². The van der Waals surface area contributed by atoms with Gasteiger partial charge in [-0.3, -0.25) is 8.51 Å². The van der Waals surface area contributed by atoms with Crippen molar-refractivity contribution in [2.24, 2.45) is 9.98 Å². The fraction of sp³-hybridized carbons (Fsp3) is 0.297. The maximum atomic E-state index is 14.0. The van der Waals surface area contributed by atoms with Gasteiger partial charge < -0.3 is 24.0 Å². The van der Waals surface area contributed by atoms with Gasteiger partial charge in [-0.25, -0.2) is 18.8 Å². The summed E-state index contributed by atoms with van der Waals surface area (Å²) in [5.74, 6) is -0.731. The van der Waals surface area contributed by atoms with E-state index >= 15 is 0 Å². The highest BCUT2D eigenvalue weighted by atomic mass is 35.5. The number of morpholine rings is 1. The molecule has 0 N–H and O–H groups in total. The molecule has 1 aliphatic rings. The fourth-order valence-corrected chi connectivity index (χ4v) is 6.09. The molecule has 272 valence electrons. The molecule has 0 amide bonds. The van der Waals surface area contributed by atoms with E-state index in [1.54, 1.807) is 54.6 Å². The van der Waals surface area contributed by atoms with E-state index in [9.17, 15) is 17.5 Å². The Bertz CT molecular complexity index is 1880. The van der Waals surface area contributed by atoms with E-state index in [4.69, 9.17) is 27.9 Å². The van der Waals surface area contributed by atoms with Gasteiger partial charge in [-0.15, -0.1) is 0 Å². The van der Waals surface area contributed by atoms with Gasteiger partial charge in [-0.2, -0.15) is 0 Å². The van der Waals surface area contributed by atoms with E-state index in [0.29, 0.717) is 51.6 Å². The van der Waals surface area contributed by atoms with Gasteiger partial charge in [0.2, 0.25) is 0 Å². The Kier molecular flexibility index (Phi) is 14.8. The first kappa shape index (κ1) is 39.7. The number of hydrogen-bond donors (Lipinski definition) is 0. The minimum Gasteiger partial charge on any atom is -0.755 e. The van der Waals surface area contributed by atoms with Gasteiger partial charge in [0.1, 0.15) is 11.6 Å². The van der Waals surface area contributed by atoms with Crippen molar-refractivity contribution in [3.05, 3.63) is 111 Å². The number of halogens is 4. The Labute approximate surface area is 311 Å². The molecule has 5 rings (SSSR count). The first-order chi connectivity index (χ1) is 24.4. The highest BCUT2D eigenvalue weighted by molar-refractivity contribution is 7.80. The molecule has 4 aromatic carbocycles. The topological polar surface area (TPSA) is 87.0 Å². The van der Waals surface area contributed by atoms with Crippen LogP contribution in [-0.4, -0.2) is 78.2 Å². The third-order valence-corrected chi connectivity index (χ3v) is 9.42. The molecule has 1 saturated heterocycles. The Morgan fingerprint density at radius 1 is 0.863 bits per heavy atom. The van der Waals surface area contributed by atoms with Crippen molar-refractivity contribution in [2.45, 2.75) is 27.3 Å². The summed E-state index contributed by atoms with van der Waals surface area (Å²) in [7, 11) is 3.71. The second-order valence-corrected chi connectivity index (χ2v) is 13.4. The minimum absolute atomic E-state index is 0.124. The van der Waals surface area contributed by atoms with Gasteiger partial charge in [0.15, 0.2) is 0 Å². The van der Waals surface area contributed by atoms with Crippen LogP contribution in [-0.2, 0) is 22.5 Å². The van der Waals surface area contributed by atoms with Crippen LogP contribution in [0.2, 0.25) is 10.0 Å². The van der Waals surface area contributed by atoms with Crippen LogP contribution >= 0.6 is 23.2 Å². The highest BCUT2D eigenvalue weighted by Gasteiger charge is 2.17. The third kappa shape index (κ3) is 11.0. The van der Waals surface area contributed by atoms with E-state index in [1.807, 2.05) is 57.4 Å². The van der Waals surface area contributed by atoms with E-state index in [2.05, 4.69) is 14.9 Å². The molecule has 14 heteroatoms. The van der Waals surface area contributed by atoms with Gasteiger partial charge in [0.05, 0.1) is 65.2 Å². The molecule has 0 aromatic heterocycles. The molecule has 51 heavy (non-hydrogen) atoms. The van der Waals surface area contributed by atoms with Crippen molar-refractivity contribution >= 4 is 75.6 Å². The van der Waals surface area contributed by atoms with Crippen molar-refractivity contribution in [3.63, 3.8) is 0 Å². The molecular formula is C37H41Cl2F2N6O3S-. The smallest absolute Gasteiger partial charge is 0.146 e. The number of para-hydroxylation sites is 1. The number of anilines is 3.